The van der Waals surface area contributed by atoms with E-state index in [4.69, 9.17) is 4.74 Å². The van der Waals surface area contributed by atoms with E-state index in [1.54, 1.807) is 18.2 Å². The molecule has 234 valence electrons. The Labute approximate surface area is 245 Å². The van der Waals surface area contributed by atoms with Crippen molar-refractivity contribution >= 4 is 21.8 Å². The maximum absolute atomic E-state index is 13.8. The highest BCUT2D eigenvalue weighted by atomic mass is 32.2. The number of methoxy groups -OCH3 is 1. The summed E-state index contributed by atoms with van der Waals surface area (Å²) in [6, 6.07) is 8.90. The van der Waals surface area contributed by atoms with Crippen molar-refractivity contribution in [3.63, 3.8) is 0 Å². The molecule has 1 atom stereocenters. The molecule has 3 rings (SSSR count). The molecule has 0 fully saturated rings. The highest BCUT2D eigenvalue weighted by Gasteiger charge is 2.34. The number of nitrogens with one attached hydrogen (secondary N) is 1. The maximum Gasteiger partial charge on any atom is 0.416 e. The van der Waals surface area contributed by atoms with Gasteiger partial charge in [0.2, 0.25) is 10.0 Å². The minimum absolute atomic E-state index is 0.0359. The van der Waals surface area contributed by atoms with Crippen molar-refractivity contribution in [1.29, 1.82) is 0 Å². The van der Waals surface area contributed by atoms with E-state index in [9.17, 15) is 44.7 Å². The lowest BCUT2D eigenvalue weighted by Gasteiger charge is -2.29. The third kappa shape index (κ3) is 8.33. The molecule has 1 amide bonds. The predicted molar refractivity (Wildman–Crippen MR) is 149 cm³/mol. The molecule has 2 N–H and O–H groups in total. The van der Waals surface area contributed by atoms with E-state index < -0.39 is 57.9 Å². The Morgan fingerprint density at radius 2 is 1.51 bits per heavy atom. The van der Waals surface area contributed by atoms with Gasteiger partial charge in [0, 0.05) is 11.3 Å². The van der Waals surface area contributed by atoms with E-state index in [1.165, 1.54) is 20.1 Å². The van der Waals surface area contributed by atoms with Crippen molar-refractivity contribution in [2.24, 2.45) is 0 Å². The average Bonchev–Trinajstić information content (AvgIpc) is 2.88. The number of rotatable bonds is 9. The molecule has 0 saturated carbocycles. The molecule has 0 aliphatic heterocycles. The normalized spacial score (nSPS) is 13.1. The van der Waals surface area contributed by atoms with E-state index in [0.29, 0.717) is 28.3 Å². The standard InChI is InChI=1S/C29H30F6N2O5S/c1-16(2)18-6-9-26(42-4)25(13-18)24-8-7-21(28(30,31)32)11-20(24)15-37(27(38)39)17(3)19-10-22(29(33,34)35)14-23(12-19)36-43(5,40)41/h6-14,16-17,36H,15H2,1-5H3,(H,38,39). The summed E-state index contributed by atoms with van der Waals surface area (Å²) in [6.07, 6.45) is -10.6. The van der Waals surface area contributed by atoms with Crippen LogP contribution in [0.1, 0.15) is 60.5 Å². The van der Waals surface area contributed by atoms with Gasteiger partial charge < -0.3 is 9.84 Å². The van der Waals surface area contributed by atoms with E-state index >= 15 is 0 Å². The first-order valence-corrected chi connectivity index (χ1v) is 14.7. The largest absolute Gasteiger partial charge is 0.496 e. The molecule has 0 radical (unpaired) electrons. The molecule has 0 spiro atoms. The minimum atomic E-state index is -4.91. The van der Waals surface area contributed by atoms with Crippen LogP contribution in [0, 0.1) is 0 Å². The van der Waals surface area contributed by atoms with Crippen LogP contribution in [0.5, 0.6) is 5.75 Å². The van der Waals surface area contributed by atoms with E-state index in [2.05, 4.69) is 0 Å². The van der Waals surface area contributed by atoms with Crippen molar-refractivity contribution in [1.82, 2.24) is 4.90 Å². The number of amides is 1. The molecule has 3 aromatic rings. The zero-order chi connectivity index (χ0) is 32.5. The number of hydrogen-bond donors (Lipinski definition) is 2. The summed E-state index contributed by atoms with van der Waals surface area (Å²) in [6.45, 7) is 4.42. The zero-order valence-electron chi connectivity index (χ0n) is 23.8. The molecule has 7 nitrogen and oxygen atoms in total. The van der Waals surface area contributed by atoms with Gasteiger partial charge in [0.1, 0.15) is 5.75 Å². The molecule has 0 saturated heterocycles. The smallest absolute Gasteiger partial charge is 0.416 e. The van der Waals surface area contributed by atoms with Crippen molar-refractivity contribution in [2.75, 3.05) is 18.1 Å². The summed E-state index contributed by atoms with van der Waals surface area (Å²) < 4.78 is 113. The average molecular weight is 633 g/mol. The third-order valence-electron chi connectivity index (χ3n) is 6.74. The number of nitrogens with zero attached hydrogens (tertiary/aromatic N) is 1. The molecule has 0 aliphatic rings. The van der Waals surface area contributed by atoms with Gasteiger partial charge in [-0.3, -0.25) is 9.62 Å². The molecule has 43 heavy (non-hydrogen) atoms. The second kappa shape index (κ2) is 12.3. The summed E-state index contributed by atoms with van der Waals surface area (Å²) in [5.74, 6) is 0.350. The highest BCUT2D eigenvalue weighted by Crippen LogP contribution is 2.40. The van der Waals surface area contributed by atoms with Gasteiger partial charge in [-0.05, 0) is 77.6 Å². The lowest BCUT2D eigenvalue weighted by Crippen LogP contribution is -2.32. The van der Waals surface area contributed by atoms with Gasteiger partial charge in [-0.25, -0.2) is 13.2 Å². The molecule has 3 aromatic carbocycles. The fraction of sp³-hybridized carbons (Fsp3) is 0.345. The van der Waals surface area contributed by atoms with Gasteiger partial charge in [0.05, 0.1) is 37.1 Å². The quantitative estimate of drug-likeness (QED) is 0.232. The Hall–Kier alpha value is -3.94. The van der Waals surface area contributed by atoms with Crippen LogP contribution < -0.4 is 9.46 Å². The molecule has 14 heteroatoms. The van der Waals surface area contributed by atoms with E-state index in [-0.39, 0.29) is 22.6 Å². The van der Waals surface area contributed by atoms with Gasteiger partial charge in [0.25, 0.3) is 0 Å². The van der Waals surface area contributed by atoms with Crippen molar-refractivity contribution in [3.05, 3.63) is 82.4 Å². The van der Waals surface area contributed by atoms with Gasteiger partial charge in [0.15, 0.2) is 0 Å². The van der Waals surface area contributed by atoms with Crippen LogP contribution in [0.15, 0.2) is 54.6 Å². The number of carboxylic acid groups (broad SMARTS) is 1. The Morgan fingerprint density at radius 1 is 0.884 bits per heavy atom. The van der Waals surface area contributed by atoms with Crippen LogP contribution in [-0.4, -0.2) is 37.9 Å². The first-order valence-electron chi connectivity index (χ1n) is 12.8. The number of hydrogen-bond acceptors (Lipinski definition) is 4. The molecular formula is C29H30F6N2O5S. The number of benzene rings is 3. The molecule has 0 heterocycles. The van der Waals surface area contributed by atoms with Crippen LogP contribution in [0.4, 0.5) is 36.8 Å². The molecular weight excluding hydrogens is 602 g/mol. The Morgan fingerprint density at radius 3 is 2.02 bits per heavy atom. The third-order valence-corrected chi connectivity index (χ3v) is 7.34. The number of ether oxygens (including phenoxy) is 1. The summed E-state index contributed by atoms with van der Waals surface area (Å²) in [4.78, 5) is 13.1. The summed E-state index contributed by atoms with van der Waals surface area (Å²) >= 11 is 0. The Bertz CT molecular complexity index is 1600. The van der Waals surface area contributed by atoms with Crippen molar-refractivity contribution < 1.29 is 49.4 Å². The van der Waals surface area contributed by atoms with Gasteiger partial charge >= 0.3 is 18.4 Å². The fourth-order valence-corrected chi connectivity index (χ4v) is 5.07. The Balaban J connectivity index is 2.21. The molecule has 1 unspecified atom stereocenters. The summed E-state index contributed by atoms with van der Waals surface area (Å²) in [5, 5.41) is 10.1. The van der Waals surface area contributed by atoms with E-state index in [1.807, 2.05) is 18.6 Å². The first kappa shape index (κ1) is 33.6. The van der Waals surface area contributed by atoms with Crippen LogP contribution in [0.25, 0.3) is 11.1 Å². The van der Waals surface area contributed by atoms with Crippen molar-refractivity contribution in [2.45, 2.75) is 51.6 Å². The number of halogens is 6. The van der Waals surface area contributed by atoms with Crippen LogP contribution >= 0.6 is 0 Å². The van der Waals surface area contributed by atoms with E-state index in [0.717, 1.165) is 30.0 Å². The maximum atomic E-state index is 13.8. The lowest BCUT2D eigenvalue weighted by molar-refractivity contribution is -0.138. The van der Waals surface area contributed by atoms with Crippen LogP contribution in [-0.2, 0) is 28.9 Å². The first-order chi connectivity index (χ1) is 19.7. The lowest BCUT2D eigenvalue weighted by atomic mass is 9.92. The number of anilines is 1. The Kier molecular flexibility index (Phi) is 9.64. The van der Waals surface area contributed by atoms with Crippen molar-refractivity contribution in [3.8, 4) is 16.9 Å². The predicted octanol–water partition coefficient (Wildman–Crippen LogP) is 8.14. The minimum Gasteiger partial charge on any atom is -0.496 e. The monoisotopic (exact) mass is 632 g/mol. The number of carbonyl (C=O) groups is 1. The second-order valence-corrected chi connectivity index (χ2v) is 12.0. The van der Waals surface area contributed by atoms with Crippen LogP contribution in [0.2, 0.25) is 0 Å². The number of alkyl halides is 6. The van der Waals surface area contributed by atoms with Crippen LogP contribution in [0.3, 0.4) is 0 Å². The molecule has 0 aromatic heterocycles. The molecule has 0 aliphatic carbocycles. The SMILES string of the molecule is COc1ccc(C(C)C)cc1-c1ccc(C(F)(F)F)cc1CN(C(=O)O)C(C)c1cc(NS(C)(=O)=O)cc(C(F)(F)F)c1. The summed E-state index contributed by atoms with van der Waals surface area (Å²) in [7, 11) is -2.63. The van der Waals surface area contributed by atoms with Gasteiger partial charge in [-0.2, -0.15) is 26.3 Å². The topological polar surface area (TPSA) is 95.9 Å². The fourth-order valence-electron chi connectivity index (χ4n) is 4.52. The summed E-state index contributed by atoms with van der Waals surface area (Å²) in [5.41, 5.74) is -1.62. The highest BCUT2D eigenvalue weighted by molar-refractivity contribution is 7.92. The number of sulfonamides is 1. The van der Waals surface area contributed by atoms with Gasteiger partial charge in [-0.15, -0.1) is 0 Å². The second-order valence-electron chi connectivity index (χ2n) is 10.3. The zero-order valence-corrected chi connectivity index (χ0v) is 24.6. The molecule has 0 bridgehead atoms. The van der Waals surface area contributed by atoms with Gasteiger partial charge in [-0.1, -0.05) is 26.0 Å².